The summed E-state index contributed by atoms with van der Waals surface area (Å²) in [6, 6.07) is 22.5. The van der Waals surface area contributed by atoms with Crippen molar-refractivity contribution in [1.29, 1.82) is 0 Å². The van der Waals surface area contributed by atoms with Gasteiger partial charge in [-0.15, -0.1) is 0 Å². The zero-order valence-corrected chi connectivity index (χ0v) is 24.8. The van der Waals surface area contributed by atoms with Crippen LogP contribution in [0.25, 0.3) is 16.6 Å². The van der Waals surface area contributed by atoms with Gasteiger partial charge in [0.1, 0.15) is 5.69 Å². The Balaban J connectivity index is 1.16. The lowest BCUT2D eigenvalue weighted by atomic mass is 10.0. The van der Waals surface area contributed by atoms with E-state index < -0.39 is 27.7 Å². The number of hydrogen-bond donors (Lipinski definition) is 1. The molecule has 1 fully saturated rings. The van der Waals surface area contributed by atoms with E-state index in [4.69, 9.17) is 9.47 Å². The molecule has 0 unspecified atom stereocenters. The molecular weight excluding hydrogens is 570 g/mol. The van der Waals surface area contributed by atoms with Crippen molar-refractivity contribution in [2.24, 2.45) is 0 Å². The predicted octanol–water partition coefficient (Wildman–Crippen LogP) is 3.95. The van der Waals surface area contributed by atoms with Crippen LogP contribution in [0.5, 0.6) is 0 Å². The standard InChI is InChI=1S/C32H33N3O7S/c1-22-20-34(21-23(2)42-22)43(39,40)27-14-8-12-25(18-27)32(38)41-17-9-15-33-31(37)30(36)29-28(24-10-4-3-5-11-24)19-26-13-6-7-16-35(26)29/h3-8,10-14,16,18-19,22-23H,9,15,17,20-21H2,1-2H3,(H,33,37)/t22-,23-/m0/s1. The minimum atomic E-state index is -3.82. The Morgan fingerprint density at radius 2 is 1.65 bits per heavy atom. The molecule has 1 aliphatic heterocycles. The van der Waals surface area contributed by atoms with E-state index in [1.165, 1.54) is 28.6 Å². The summed E-state index contributed by atoms with van der Waals surface area (Å²) in [6.07, 6.45) is 1.52. The molecule has 224 valence electrons. The Hall–Kier alpha value is -4.32. The van der Waals surface area contributed by atoms with E-state index in [0.29, 0.717) is 5.56 Å². The topological polar surface area (TPSA) is 123 Å². The summed E-state index contributed by atoms with van der Waals surface area (Å²) in [5.41, 5.74) is 2.63. The monoisotopic (exact) mass is 603 g/mol. The number of carbonyl (C=O) groups is 3. The third-order valence-electron chi connectivity index (χ3n) is 7.12. The molecule has 1 N–H and O–H groups in total. The highest BCUT2D eigenvalue weighted by atomic mass is 32.2. The first-order valence-electron chi connectivity index (χ1n) is 14.1. The molecule has 1 saturated heterocycles. The first-order valence-corrected chi connectivity index (χ1v) is 15.5. The van der Waals surface area contributed by atoms with Gasteiger partial charge in [-0.3, -0.25) is 9.59 Å². The van der Waals surface area contributed by atoms with Crippen LogP contribution in [0.3, 0.4) is 0 Å². The van der Waals surface area contributed by atoms with Gasteiger partial charge < -0.3 is 19.2 Å². The van der Waals surface area contributed by atoms with E-state index in [0.717, 1.165) is 11.1 Å². The molecule has 0 spiro atoms. The van der Waals surface area contributed by atoms with Crippen molar-refractivity contribution in [3.63, 3.8) is 0 Å². The number of sulfonamides is 1. The molecule has 2 aromatic heterocycles. The number of esters is 1. The maximum absolute atomic E-state index is 13.3. The third-order valence-corrected chi connectivity index (χ3v) is 8.95. The molecule has 2 aromatic carbocycles. The molecule has 5 rings (SSSR count). The van der Waals surface area contributed by atoms with Crippen molar-refractivity contribution in [3.05, 3.63) is 96.3 Å². The largest absolute Gasteiger partial charge is 0.462 e. The van der Waals surface area contributed by atoms with E-state index in [1.54, 1.807) is 16.7 Å². The maximum Gasteiger partial charge on any atom is 0.338 e. The van der Waals surface area contributed by atoms with Crippen LogP contribution >= 0.6 is 0 Å². The number of morpholine rings is 1. The number of carbonyl (C=O) groups excluding carboxylic acids is 3. The summed E-state index contributed by atoms with van der Waals surface area (Å²) in [7, 11) is -3.82. The Morgan fingerprint density at radius 1 is 0.930 bits per heavy atom. The van der Waals surface area contributed by atoms with Gasteiger partial charge in [-0.25, -0.2) is 13.2 Å². The Labute approximate surface area is 250 Å². The molecule has 1 aliphatic rings. The van der Waals surface area contributed by atoms with Gasteiger partial charge in [0.15, 0.2) is 0 Å². The smallest absolute Gasteiger partial charge is 0.338 e. The first-order chi connectivity index (χ1) is 20.6. The average Bonchev–Trinajstić information content (AvgIpc) is 3.40. The number of benzene rings is 2. The van der Waals surface area contributed by atoms with E-state index in [2.05, 4.69) is 5.32 Å². The minimum Gasteiger partial charge on any atom is -0.462 e. The summed E-state index contributed by atoms with van der Waals surface area (Å²) in [5.74, 6) is -2.13. The molecule has 11 heteroatoms. The van der Waals surface area contributed by atoms with Crippen LogP contribution in [-0.2, 0) is 24.3 Å². The number of aromatic nitrogens is 1. The van der Waals surface area contributed by atoms with Gasteiger partial charge >= 0.3 is 5.97 Å². The van der Waals surface area contributed by atoms with E-state index in [-0.39, 0.29) is 61.0 Å². The zero-order chi connectivity index (χ0) is 30.6. The van der Waals surface area contributed by atoms with Gasteiger partial charge in [0.05, 0.1) is 29.3 Å². The molecule has 43 heavy (non-hydrogen) atoms. The maximum atomic E-state index is 13.3. The number of ketones is 1. The number of rotatable bonds is 10. The van der Waals surface area contributed by atoms with Crippen LogP contribution in [0, 0.1) is 0 Å². The molecule has 2 atom stereocenters. The van der Waals surface area contributed by atoms with Crippen molar-refractivity contribution in [2.75, 3.05) is 26.2 Å². The molecule has 0 radical (unpaired) electrons. The van der Waals surface area contributed by atoms with Crippen LogP contribution in [0.2, 0.25) is 0 Å². The van der Waals surface area contributed by atoms with Crippen LogP contribution in [0.1, 0.15) is 41.1 Å². The number of nitrogens with zero attached hydrogens (tertiary/aromatic N) is 2. The molecule has 0 aliphatic carbocycles. The number of fused-ring (bicyclic) bond motifs is 1. The van der Waals surface area contributed by atoms with Crippen LogP contribution in [0.15, 0.2) is 90.0 Å². The second-order valence-electron chi connectivity index (χ2n) is 10.4. The summed E-state index contributed by atoms with van der Waals surface area (Å²) in [5, 5.41) is 2.61. The fourth-order valence-corrected chi connectivity index (χ4v) is 6.80. The molecule has 0 bridgehead atoms. The number of nitrogens with one attached hydrogen (secondary N) is 1. The van der Waals surface area contributed by atoms with Gasteiger partial charge in [0, 0.05) is 36.9 Å². The van der Waals surface area contributed by atoms with Crippen LogP contribution < -0.4 is 5.32 Å². The summed E-state index contributed by atoms with van der Waals surface area (Å²) in [4.78, 5) is 38.8. The van der Waals surface area contributed by atoms with Gasteiger partial charge in [-0.2, -0.15) is 4.31 Å². The molecular formula is C32H33N3O7S. The fourth-order valence-electron chi connectivity index (χ4n) is 5.16. The molecule has 0 saturated carbocycles. The van der Waals surface area contributed by atoms with Crippen molar-refractivity contribution in [2.45, 2.75) is 37.4 Å². The quantitative estimate of drug-likeness (QED) is 0.126. The molecule has 10 nitrogen and oxygen atoms in total. The Kier molecular flexibility index (Phi) is 9.05. The van der Waals surface area contributed by atoms with Crippen molar-refractivity contribution in [3.8, 4) is 11.1 Å². The van der Waals surface area contributed by atoms with E-state index in [1.807, 2.05) is 62.4 Å². The molecule has 4 aromatic rings. The van der Waals surface area contributed by atoms with Crippen molar-refractivity contribution < 1.29 is 32.3 Å². The van der Waals surface area contributed by atoms with Crippen molar-refractivity contribution >= 4 is 33.2 Å². The zero-order valence-electron chi connectivity index (χ0n) is 23.9. The lowest BCUT2D eigenvalue weighted by molar-refractivity contribution is -0.117. The second-order valence-corrected chi connectivity index (χ2v) is 12.4. The highest BCUT2D eigenvalue weighted by Gasteiger charge is 2.32. The normalized spacial score (nSPS) is 17.4. The first kappa shape index (κ1) is 30.1. The highest BCUT2D eigenvalue weighted by Crippen LogP contribution is 2.28. The number of hydrogen-bond acceptors (Lipinski definition) is 7. The highest BCUT2D eigenvalue weighted by molar-refractivity contribution is 7.89. The number of amides is 1. The Morgan fingerprint density at radius 3 is 2.40 bits per heavy atom. The van der Waals surface area contributed by atoms with Gasteiger partial charge in [0.25, 0.3) is 11.7 Å². The Bertz CT molecular complexity index is 1740. The van der Waals surface area contributed by atoms with Gasteiger partial charge in [0.2, 0.25) is 10.0 Å². The van der Waals surface area contributed by atoms with Gasteiger partial charge in [-0.1, -0.05) is 42.5 Å². The molecule has 1 amide bonds. The van der Waals surface area contributed by atoms with Crippen LogP contribution in [-0.4, -0.2) is 73.2 Å². The SMILES string of the molecule is C[C@H]1CN(S(=O)(=O)c2cccc(C(=O)OCCCNC(=O)C(=O)c3c(-c4ccccc4)cc4ccccn34)c2)C[C@H](C)O1. The van der Waals surface area contributed by atoms with E-state index in [9.17, 15) is 22.8 Å². The minimum absolute atomic E-state index is 0.00167. The summed E-state index contributed by atoms with van der Waals surface area (Å²) >= 11 is 0. The number of ether oxygens (including phenoxy) is 2. The lowest BCUT2D eigenvalue weighted by Gasteiger charge is -2.34. The van der Waals surface area contributed by atoms with E-state index >= 15 is 0 Å². The summed E-state index contributed by atoms with van der Waals surface area (Å²) < 4.78 is 40.4. The van der Waals surface area contributed by atoms with Gasteiger partial charge in [-0.05, 0) is 62.2 Å². The van der Waals surface area contributed by atoms with Crippen LogP contribution in [0.4, 0.5) is 0 Å². The third kappa shape index (κ3) is 6.69. The fraction of sp³-hybridized carbons (Fsp3) is 0.281. The average molecular weight is 604 g/mol. The second kappa shape index (κ2) is 12.9. The molecule has 3 heterocycles. The van der Waals surface area contributed by atoms with Crippen molar-refractivity contribution in [1.82, 2.24) is 14.0 Å². The number of Topliss-reactive ketones (excluding diaryl/α,β-unsaturated/α-hetero) is 1. The lowest BCUT2D eigenvalue weighted by Crippen LogP contribution is -2.48. The predicted molar refractivity (Wildman–Crippen MR) is 160 cm³/mol. The number of pyridine rings is 1. The summed E-state index contributed by atoms with van der Waals surface area (Å²) in [6.45, 7) is 4.15.